The number of para-hydroxylation sites is 2. The number of phenols is 1. The van der Waals surface area contributed by atoms with Crippen LogP contribution in [0, 0.1) is 0 Å². The molecule has 0 atom stereocenters. The van der Waals surface area contributed by atoms with Gasteiger partial charge in [0.25, 0.3) is 0 Å². The molecule has 0 aliphatic rings. The summed E-state index contributed by atoms with van der Waals surface area (Å²) in [7, 11) is 0. The third kappa shape index (κ3) is 2.65. The zero-order valence-corrected chi connectivity index (χ0v) is 11.9. The minimum atomic E-state index is 0.201. The molecule has 0 aliphatic carbocycles. The van der Waals surface area contributed by atoms with Crippen molar-refractivity contribution in [3.8, 4) is 5.75 Å². The van der Waals surface area contributed by atoms with Crippen LogP contribution in [-0.4, -0.2) is 21.3 Å². The molecule has 1 aromatic heterocycles. The van der Waals surface area contributed by atoms with Crippen molar-refractivity contribution >= 4 is 39.1 Å². The van der Waals surface area contributed by atoms with Crippen LogP contribution in [0.3, 0.4) is 0 Å². The fourth-order valence-corrected chi connectivity index (χ4v) is 2.17. The lowest BCUT2D eigenvalue weighted by atomic mass is 10.2. The normalized spacial score (nSPS) is 11.2. The van der Waals surface area contributed by atoms with E-state index >= 15 is 0 Å². The lowest BCUT2D eigenvalue weighted by Crippen LogP contribution is -1.92. The third-order valence-electron chi connectivity index (χ3n) is 2.75. The Bertz CT molecular complexity index is 749. The molecule has 20 heavy (non-hydrogen) atoms. The van der Waals surface area contributed by atoms with E-state index in [0.717, 1.165) is 16.6 Å². The highest BCUT2D eigenvalue weighted by atomic mass is 79.9. The minimum Gasteiger partial charge on any atom is -0.507 e. The predicted octanol–water partition coefficient (Wildman–Crippen LogP) is 3.48. The van der Waals surface area contributed by atoms with E-state index in [2.05, 4.69) is 36.4 Å². The lowest BCUT2D eigenvalue weighted by Gasteiger charge is -1.98. The van der Waals surface area contributed by atoms with Gasteiger partial charge in [-0.1, -0.05) is 12.1 Å². The largest absolute Gasteiger partial charge is 0.507 e. The van der Waals surface area contributed by atoms with Crippen molar-refractivity contribution in [2.45, 2.75) is 0 Å². The fraction of sp³-hybridized carbons (Fsp3) is 0. The number of rotatable bonds is 3. The van der Waals surface area contributed by atoms with Crippen LogP contribution in [0.5, 0.6) is 5.75 Å². The molecule has 3 aromatic rings. The number of anilines is 1. The van der Waals surface area contributed by atoms with E-state index < -0.39 is 0 Å². The van der Waals surface area contributed by atoms with Gasteiger partial charge in [0.15, 0.2) is 0 Å². The topological polar surface area (TPSA) is 73.3 Å². The zero-order chi connectivity index (χ0) is 13.9. The first-order valence-corrected chi connectivity index (χ1v) is 6.74. The molecule has 0 spiro atoms. The molecule has 0 saturated carbocycles. The number of benzene rings is 2. The van der Waals surface area contributed by atoms with E-state index in [1.807, 2.05) is 24.3 Å². The summed E-state index contributed by atoms with van der Waals surface area (Å²) < 4.78 is 0.630. The summed E-state index contributed by atoms with van der Waals surface area (Å²) >= 11 is 3.26. The van der Waals surface area contributed by atoms with Crippen molar-refractivity contribution in [2.24, 2.45) is 5.10 Å². The number of hydrogen-bond donors (Lipinski definition) is 3. The molecule has 2 aromatic carbocycles. The summed E-state index contributed by atoms with van der Waals surface area (Å²) in [5, 5.41) is 13.5. The molecule has 0 radical (unpaired) electrons. The van der Waals surface area contributed by atoms with Crippen LogP contribution in [0.4, 0.5) is 5.95 Å². The van der Waals surface area contributed by atoms with Crippen LogP contribution < -0.4 is 5.43 Å². The van der Waals surface area contributed by atoms with Crippen LogP contribution >= 0.6 is 15.9 Å². The zero-order valence-electron chi connectivity index (χ0n) is 10.3. The van der Waals surface area contributed by atoms with E-state index in [-0.39, 0.29) is 5.75 Å². The van der Waals surface area contributed by atoms with Crippen molar-refractivity contribution in [3.63, 3.8) is 0 Å². The van der Waals surface area contributed by atoms with Crippen molar-refractivity contribution in [3.05, 3.63) is 52.5 Å². The predicted molar refractivity (Wildman–Crippen MR) is 83.1 cm³/mol. The van der Waals surface area contributed by atoms with E-state index in [1.165, 1.54) is 0 Å². The lowest BCUT2D eigenvalue weighted by molar-refractivity contribution is 0.472. The Morgan fingerprint density at radius 1 is 1.25 bits per heavy atom. The number of imidazole rings is 1. The van der Waals surface area contributed by atoms with E-state index in [0.29, 0.717) is 10.4 Å². The van der Waals surface area contributed by atoms with Crippen LogP contribution in [0.2, 0.25) is 0 Å². The van der Waals surface area contributed by atoms with Gasteiger partial charge >= 0.3 is 0 Å². The van der Waals surface area contributed by atoms with Crippen molar-refractivity contribution in [2.75, 3.05) is 5.43 Å². The number of H-pyrrole nitrogens is 1. The van der Waals surface area contributed by atoms with E-state index in [1.54, 1.807) is 24.4 Å². The number of aromatic hydroxyl groups is 1. The highest BCUT2D eigenvalue weighted by molar-refractivity contribution is 9.10. The smallest absolute Gasteiger partial charge is 0.222 e. The molecule has 0 amide bonds. The highest BCUT2D eigenvalue weighted by Crippen LogP contribution is 2.23. The minimum absolute atomic E-state index is 0.201. The van der Waals surface area contributed by atoms with Crippen LogP contribution in [0.15, 0.2) is 52.0 Å². The van der Waals surface area contributed by atoms with Gasteiger partial charge in [0.1, 0.15) is 5.75 Å². The maximum Gasteiger partial charge on any atom is 0.222 e. The monoisotopic (exact) mass is 330 g/mol. The molecule has 3 N–H and O–H groups in total. The first kappa shape index (κ1) is 12.7. The Hall–Kier alpha value is -2.34. The molecule has 1 heterocycles. The number of fused-ring (bicyclic) bond motifs is 1. The number of nitrogens with zero attached hydrogens (tertiary/aromatic N) is 2. The Morgan fingerprint density at radius 3 is 2.90 bits per heavy atom. The first-order valence-electron chi connectivity index (χ1n) is 5.95. The van der Waals surface area contributed by atoms with Gasteiger partial charge in [-0.3, -0.25) is 0 Å². The standard InChI is InChI=1S/C14H11BrN4O/c15-10-7-9(5-6-13(10)20)8-16-19-14-17-11-3-1-2-4-12(11)18-14/h1-8,20H,(H2,17,18,19)/b16-8-. The number of hydrogen-bond acceptors (Lipinski definition) is 4. The SMILES string of the molecule is Oc1ccc(/C=N\Nc2nc3ccccc3[nH]2)cc1Br. The number of halogens is 1. The molecular weight excluding hydrogens is 320 g/mol. The number of aromatic nitrogens is 2. The molecule has 0 bridgehead atoms. The summed E-state index contributed by atoms with van der Waals surface area (Å²) in [5.74, 6) is 0.785. The van der Waals surface area contributed by atoms with Gasteiger partial charge in [-0.25, -0.2) is 10.4 Å². The van der Waals surface area contributed by atoms with Gasteiger partial charge in [0.2, 0.25) is 5.95 Å². The molecule has 0 aliphatic heterocycles. The van der Waals surface area contributed by atoms with Gasteiger partial charge < -0.3 is 10.1 Å². The molecule has 3 rings (SSSR count). The summed E-state index contributed by atoms with van der Waals surface area (Å²) in [6.45, 7) is 0. The molecule has 0 saturated heterocycles. The maximum atomic E-state index is 9.41. The second-order valence-corrected chi connectivity index (χ2v) is 5.04. The van der Waals surface area contributed by atoms with Crippen LogP contribution in [-0.2, 0) is 0 Å². The molecule has 5 nitrogen and oxygen atoms in total. The fourth-order valence-electron chi connectivity index (χ4n) is 1.78. The molecule has 0 unspecified atom stereocenters. The average Bonchev–Trinajstić information content (AvgIpc) is 2.85. The van der Waals surface area contributed by atoms with Gasteiger partial charge in [0.05, 0.1) is 21.7 Å². The van der Waals surface area contributed by atoms with Gasteiger partial charge in [0, 0.05) is 0 Å². The van der Waals surface area contributed by atoms with Gasteiger partial charge in [-0.2, -0.15) is 5.10 Å². The van der Waals surface area contributed by atoms with Crippen LogP contribution in [0.1, 0.15) is 5.56 Å². The number of phenolic OH excluding ortho intramolecular Hbond substituents is 1. The summed E-state index contributed by atoms with van der Waals surface area (Å²) in [6.07, 6.45) is 1.65. The van der Waals surface area contributed by atoms with Gasteiger partial charge in [-0.15, -0.1) is 0 Å². The van der Waals surface area contributed by atoms with Crippen LogP contribution in [0.25, 0.3) is 11.0 Å². The molecule has 6 heteroatoms. The quantitative estimate of drug-likeness (QED) is 0.508. The second kappa shape index (κ2) is 5.34. The average molecular weight is 331 g/mol. The maximum absolute atomic E-state index is 9.41. The van der Waals surface area contributed by atoms with Gasteiger partial charge in [-0.05, 0) is 51.8 Å². The first-order chi connectivity index (χ1) is 9.72. The third-order valence-corrected chi connectivity index (χ3v) is 3.38. The number of hydrazone groups is 1. The summed E-state index contributed by atoms with van der Waals surface area (Å²) in [4.78, 5) is 7.46. The Balaban J connectivity index is 1.75. The number of aromatic amines is 1. The number of nitrogens with one attached hydrogen (secondary N) is 2. The van der Waals surface area contributed by atoms with E-state index in [9.17, 15) is 5.11 Å². The second-order valence-electron chi connectivity index (χ2n) is 4.18. The molecule has 0 fully saturated rings. The Labute approximate surface area is 123 Å². The highest BCUT2D eigenvalue weighted by Gasteiger charge is 2.00. The van der Waals surface area contributed by atoms with E-state index in [4.69, 9.17) is 0 Å². The molecule has 100 valence electrons. The Morgan fingerprint density at radius 2 is 2.10 bits per heavy atom. The summed E-state index contributed by atoms with van der Waals surface area (Å²) in [6, 6.07) is 12.9. The molecular formula is C14H11BrN4O. The van der Waals surface area contributed by atoms with Crippen molar-refractivity contribution in [1.82, 2.24) is 9.97 Å². The summed E-state index contributed by atoms with van der Waals surface area (Å²) in [5.41, 5.74) is 5.54. The Kier molecular flexibility index (Phi) is 3.39. The van der Waals surface area contributed by atoms with Crippen molar-refractivity contribution in [1.29, 1.82) is 0 Å². The van der Waals surface area contributed by atoms with Crippen molar-refractivity contribution < 1.29 is 5.11 Å².